The van der Waals surface area contributed by atoms with Crippen LogP contribution >= 0.6 is 11.6 Å². The van der Waals surface area contributed by atoms with Gasteiger partial charge >= 0.3 is 5.97 Å². The first-order valence-corrected chi connectivity index (χ1v) is 11.3. The van der Waals surface area contributed by atoms with Crippen LogP contribution in [0.2, 0.25) is 5.02 Å². The summed E-state index contributed by atoms with van der Waals surface area (Å²) in [6.45, 7) is 2.03. The molecule has 1 aliphatic heterocycles. The molecule has 170 valence electrons. The summed E-state index contributed by atoms with van der Waals surface area (Å²) in [5.74, 6) is -0.570. The fourth-order valence-electron chi connectivity index (χ4n) is 4.34. The second-order valence-corrected chi connectivity index (χ2v) is 9.15. The summed E-state index contributed by atoms with van der Waals surface area (Å²) in [7, 11) is 0. The van der Waals surface area contributed by atoms with E-state index >= 15 is 0 Å². The van der Waals surface area contributed by atoms with Gasteiger partial charge in [0.05, 0.1) is 0 Å². The molecule has 33 heavy (non-hydrogen) atoms. The molecule has 0 saturated heterocycles. The SMILES string of the molecule is C[C@]1(Cc2cccc(Cl)c2)Cc2cc(C(=O)N(CCc3ccccc3)CC(=O)O)ccc2O1. The van der Waals surface area contributed by atoms with Crippen LogP contribution in [-0.2, 0) is 24.1 Å². The zero-order valence-electron chi connectivity index (χ0n) is 18.5. The smallest absolute Gasteiger partial charge is 0.323 e. The number of benzene rings is 3. The Morgan fingerprint density at radius 3 is 2.52 bits per heavy atom. The number of carbonyl (C=O) groups is 2. The van der Waals surface area contributed by atoms with Crippen molar-refractivity contribution in [2.45, 2.75) is 31.8 Å². The molecule has 1 N–H and O–H groups in total. The number of amides is 1. The Kier molecular flexibility index (Phi) is 6.70. The Morgan fingerprint density at radius 2 is 1.79 bits per heavy atom. The maximum Gasteiger partial charge on any atom is 0.323 e. The molecule has 3 aromatic rings. The summed E-state index contributed by atoms with van der Waals surface area (Å²) in [5.41, 5.74) is 3.12. The minimum atomic E-state index is -1.03. The molecule has 0 bridgehead atoms. The molecule has 4 rings (SSSR count). The first-order valence-electron chi connectivity index (χ1n) is 10.9. The lowest BCUT2D eigenvalue weighted by Crippen LogP contribution is -2.37. The van der Waals surface area contributed by atoms with Crippen molar-refractivity contribution in [1.82, 2.24) is 4.90 Å². The quantitative estimate of drug-likeness (QED) is 0.508. The molecule has 1 amide bonds. The molecule has 0 fully saturated rings. The van der Waals surface area contributed by atoms with Crippen LogP contribution < -0.4 is 4.74 Å². The second-order valence-electron chi connectivity index (χ2n) is 8.71. The Labute approximate surface area is 198 Å². The summed E-state index contributed by atoms with van der Waals surface area (Å²) in [5, 5.41) is 10.0. The van der Waals surface area contributed by atoms with E-state index in [1.54, 1.807) is 6.07 Å². The largest absolute Gasteiger partial charge is 0.487 e. The lowest BCUT2D eigenvalue weighted by Gasteiger charge is -2.24. The first kappa shape index (κ1) is 22.9. The van der Waals surface area contributed by atoms with Gasteiger partial charge in [-0.2, -0.15) is 0 Å². The number of carboxylic acid groups (broad SMARTS) is 1. The number of rotatable bonds is 8. The predicted octanol–water partition coefficient (Wildman–Crippen LogP) is 5.05. The van der Waals surface area contributed by atoms with Gasteiger partial charge in [0.15, 0.2) is 0 Å². The Morgan fingerprint density at radius 1 is 1.03 bits per heavy atom. The topological polar surface area (TPSA) is 66.8 Å². The minimum absolute atomic E-state index is 0.292. The fraction of sp³-hybridized carbons (Fsp3) is 0.259. The van der Waals surface area contributed by atoms with Crippen molar-refractivity contribution in [3.05, 3.63) is 100 Å². The van der Waals surface area contributed by atoms with Gasteiger partial charge in [-0.3, -0.25) is 9.59 Å². The zero-order chi connectivity index (χ0) is 23.4. The number of ether oxygens (including phenoxy) is 1. The number of carbonyl (C=O) groups excluding carboxylic acids is 1. The van der Waals surface area contributed by atoms with Gasteiger partial charge in [-0.05, 0) is 60.4 Å². The third-order valence-corrected chi connectivity index (χ3v) is 6.06. The van der Waals surface area contributed by atoms with Crippen LogP contribution in [0, 0.1) is 0 Å². The number of nitrogens with zero attached hydrogens (tertiary/aromatic N) is 1. The maximum absolute atomic E-state index is 13.2. The zero-order valence-corrected chi connectivity index (χ0v) is 19.2. The van der Waals surface area contributed by atoms with E-state index < -0.39 is 11.6 Å². The van der Waals surface area contributed by atoms with Crippen LogP contribution in [0.5, 0.6) is 5.75 Å². The van der Waals surface area contributed by atoms with Crippen LogP contribution in [-0.4, -0.2) is 40.6 Å². The van der Waals surface area contributed by atoms with E-state index in [9.17, 15) is 14.7 Å². The van der Waals surface area contributed by atoms with E-state index in [2.05, 4.69) is 0 Å². The monoisotopic (exact) mass is 463 g/mol. The van der Waals surface area contributed by atoms with E-state index in [4.69, 9.17) is 16.3 Å². The van der Waals surface area contributed by atoms with Crippen molar-refractivity contribution >= 4 is 23.5 Å². The third-order valence-electron chi connectivity index (χ3n) is 5.82. The van der Waals surface area contributed by atoms with Gasteiger partial charge in [-0.15, -0.1) is 0 Å². The molecule has 5 nitrogen and oxygen atoms in total. The molecule has 0 aliphatic carbocycles. The van der Waals surface area contributed by atoms with Crippen LogP contribution in [0.25, 0.3) is 0 Å². The van der Waals surface area contributed by atoms with Crippen LogP contribution in [0.15, 0.2) is 72.8 Å². The summed E-state index contributed by atoms with van der Waals surface area (Å²) in [6, 6.07) is 22.8. The van der Waals surface area contributed by atoms with E-state index in [0.717, 1.165) is 22.4 Å². The molecule has 0 unspecified atom stereocenters. The van der Waals surface area contributed by atoms with Crippen molar-refractivity contribution in [2.24, 2.45) is 0 Å². The summed E-state index contributed by atoms with van der Waals surface area (Å²) in [4.78, 5) is 26.0. The van der Waals surface area contributed by atoms with E-state index in [1.165, 1.54) is 4.90 Å². The van der Waals surface area contributed by atoms with Gasteiger partial charge < -0.3 is 14.7 Å². The van der Waals surface area contributed by atoms with Crippen LogP contribution in [0.1, 0.15) is 34.0 Å². The Bertz CT molecular complexity index is 1160. The number of hydrogen-bond donors (Lipinski definition) is 1. The number of halogens is 1. The van der Waals surface area contributed by atoms with Gasteiger partial charge in [0.2, 0.25) is 0 Å². The van der Waals surface area contributed by atoms with Crippen LogP contribution in [0.3, 0.4) is 0 Å². The molecular weight excluding hydrogens is 438 g/mol. The fourth-order valence-corrected chi connectivity index (χ4v) is 4.55. The molecule has 1 heterocycles. The van der Waals surface area contributed by atoms with Gasteiger partial charge in [0.25, 0.3) is 5.91 Å². The summed E-state index contributed by atoms with van der Waals surface area (Å²) < 4.78 is 6.24. The highest BCUT2D eigenvalue weighted by molar-refractivity contribution is 6.30. The van der Waals surface area contributed by atoms with E-state index in [1.807, 2.05) is 73.7 Å². The van der Waals surface area contributed by atoms with Crippen molar-refractivity contribution in [3.8, 4) is 5.75 Å². The van der Waals surface area contributed by atoms with Gasteiger partial charge in [-0.1, -0.05) is 54.1 Å². The number of aliphatic carboxylic acids is 1. The molecule has 0 saturated carbocycles. The standard InChI is InChI=1S/C27H26ClNO4/c1-27(16-20-8-5-9-23(28)14-20)17-22-15-21(10-11-24(22)33-27)26(32)29(18-25(30)31)13-12-19-6-3-2-4-7-19/h2-11,14-15H,12-13,16-18H2,1H3,(H,30,31)/t27-/m0/s1. The highest BCUT2D eigenvalue weighted by Gasteiger charge is 2.35. The number of carboxylic acids is 1. The average molecular weight is 464 g/mol. The molecule has 1 atom stereocenters. The first-order chi connectivity index (χ1) is 15.8. The lowest BCUT2D eigenvalue weighted by molar-refractivity contribution is -0.137. The normalized spacial score (nSPS) is 16.7. The molecule has 6 heteroatoms. The van der Waals surface area contributed by atoms with E-state index in [0.29, 0.717) is 36.4 Å². The molecule has 3 aromatic carbocycles. The van der Waals surface area contributed by atoms with Crippen molar-refractivity contribution in [2.75, 3.05) is 13.1 Å². The van der Waals surface area contributed by atoms with Gasteiger partial charge in [0, 0.05) is 30.0 Å². The highest BCUT2D eigenvalue weighted by atomic mass is 35.5. The Balaban J connectivity index is 1.49. The predicted molar refractivity (Wildman–Crippen MR) is 128 cm³/mol. The third kappa shape index (κ3) is 5.74. The number of hydrogen-bond acceptors (Lipinski definition) is 3. The molecule has 0 spiro atoms. The maximum atomic E-state index is 13.2. The molecule has 1 aliphatic rings. The van der Waals surface area contributed by atoms with Crippen molar-refractivity contribution in [3.63, 3.8) is 0 Å². The van der Waals surface area contributed by atoms with Gasteiger partial charge in [0.1, 0.15) is 17.9 Å². The summed E-state index contributed by atoms with van der Waals surface area (Å²) >= 11 is 6.13. The minimum Gasteiger partial charge on any atom is -0.487 e. The Hall–Kier alpha value is -3.31. The van der Waals surface area contributed by atoms with E-state index in [-0.39, 0.29) is 12.5 Å². The summed E-state index contributed by atoms with van der Waals surface area (Å²) in [6.07, 6.45) is 1.93. The van der Waals surface area contributed by atoms with Crippen molar-refractivity contribution < 1.29 is 19.4 Å². The molecular formula is C27H26ClNO4. The van der Waals surface area contributed by atoms with Crippen LogP contribution in [0.4, 0.5) is 0 Å². The van der Waals surface area contributed by atoms with Crippen molar-refractivity contribution in [1.29, 1.82) is 0 Å². The molecule has 0 aromatic heterocycles. The highest BCUT2D eigenvalue weighted by Crippen LogP contribution is 2.38. The number of fused-ring (bicyclic) bond motifs is 1. The van der Waals surface area contributed by atoms with Gasteiger partial charge in [-0.25, -0.2) is 0 Å². The average Bonchev–Trinajstić information content (AvgIpc) is 3.11. The lowest BCUT2D eigenvalue weighted by atomic mass is 9.91. The molecule has 0 radical (unpaired) electrons. The second kappa shape index (κ2) is 9.67.